The van der Waals surface area contributed by atoms with Gasteiger partial charge in [-0.1, -0.05) is 13.0 Å². The van der Waals surface area contributed by atoms with Crippen molar-refractivity contribution in [2.45, 2.75) is 18.7 Å². The van der Waals surface area contributed by atoms with Gasteiger partial charge in [-0.05, 0) is 30.7 Å². The third-order valence-electron chi connectivity index (χ3n) is 3.00. The maximum absolute atomic E-state index is 6.62. The van der Waals surface area contributed by atoms with E-state index in [1.54, 1.807) is 25.6 Å². The molecule has 2 rings (SSSR count). The molecule has 2 nitrogen and oxygen atoms in total. The van der Waals surface area contributed by atoms with Gasteiger partial charge < -0.3 is 9.47 Å². The monoisotopic (exact) mass is 296 g/mol. The molecule has 1 atom stereocenters. The minimum Gasteiger partial charge on any atom is -0.496 e. The second kappa shape index (κ2) is 6.31. The Kier molecular flexibility index (Phi) is 4.72. The molecule has 0 aliphatic carbocycles. The SMILES string of the molecule is CCc1ccc(C(Cl)c2c(OC)cccc2OC)s1. The summed E-state index contributed by atoms with van der Waals surface area (Å²) in [6, 6.07) is 9.91. The molecule has 0 bridgehead atoms. The summed E-state index contributed by atoms with van der Waals surface area (Å²) >= 11 is 8.35. The number of benzene rings is 1. The molecular formula is C15H17ClO2S. The number of halogens is 1. The van der Waals surface area contributed by atoms with E-state index in [9.17, 15) is 0 Å². The third kappa shape index (κ3) is 2.88. The summed E-state index contributed by atoms with van der Waals surface area (Å²) in [5, 5.41) is -0.253. The molecule has 0 saturated heterocycles. The van der Waals surface area contributed by atoms with Crippen LogP contribution in [0.2, 0.25) is 0 Å². The largest absolute Gasteiger partial charge is 0.496 e. The molecule has 0 fully saturated rings. The highest BCUT2D eigenvalue weighted by atomic mass is 35.5. The van der Waals surface area contributed by atoms with Gasteiger partial charge in [0, 0.05) is 9.75 Å². The van der Waals surface area contributed by atoms with Gasteiger partial charge in [-0.2, -0.15) is 0 Å². The van der Waals surface area contributed by atoms with Crippen molar-refractivity contribution < 1.29 is 9.47 Å². The fraction of sp³-hybridized carbons (Fsp3) is 0.333. The molecule has 0 amide bonds. The van der Waals surface area contributed by atoms with Crippen molar-refractivity contribution in [3.05, 3.63) is 45.6 Å². The number of thiophene rings is 1. The van der Waals surface area contributed by atoms with Crippen LogP contribution in [0, 0.1) is 0 Å². The van der Waals surface area contributed by atoms with Crippen LogP contribution in [0.15, 0.2) is 30.3 Å². The van der Waals surface area contributed by atoms with Crippen molar-refractivity contribution in [1.29, 1.82) is 0 Å². The summed E-state index contributed by atoms with van der Waals surface area (Å²) in [4.78, 5) is 2.44. The zero-order valence-corrected chi connectivity index (χ0v) is 12.8. The minimum atomic E-state index is -0.253. The van der Waals surface area contributed by atoms with Crippen LogP contribution >= 0.6 is 22.9 Å². The zero-order valence-electron chi connectivity index (χ0n) is 11.3. The topological polar surface area (TPSA) is 18.5 Å². The van der Waals surface area contributed by atoms with Crippen molar-refractivity contribution in [1.82, 2.24) is 0 Å². The van der Waals surface area contributed by atoms with Crippen molar-refractivity contribution >= 4 is 22.9 Å². The van der Waals surface area contributed by atoms with E-state index in [0.717, 1.165) is 28.4 Å². The molecule has 1 aromatic carbocycles. The van der Waals surface area contributed by atoms with Gasteiger partial charge in [0.25, 0.3) is 0 Å². The summed E-state index contributed by atoms with van der Waals surface area (Å²) in [6.45, 7) is 2.14. The summed E-state index contributed by atoms with van der Waals surface area (Å²) in [7, 11) is 3.29. The molecule has 2 aromatic rings. The molecule has 1 aromatic heterocycles. The van der Waals surface area contributed by atoms with Crippen LogP contribution in [0.4, 0.5) is 0 Å². The number of alkyl halides is 1. The molecule has 0 aliphatic rings. The molecule has 0 N–H and O–H groups in total. The highest BCUT2D eigenvalue weighted by Gasteiger charge is 2.21. The van der Waals surface area contributed by atoms with Crippen LogP contribution in [0.5, 0.6) is 11.5 Å². The zero-order chi connectivity index (χ0) is 13.8. The van der Waals surface area contributed by atoms with Gasteiger partial charge >= 0.3 is 0 Å². The Morgan fingerprint density at radius 2 is 1.74 bits per heavy atom. The average molecular weight is 297 g/mol. The predicted octanol–water partition coefficient (Wildman–Crippen LogP) is 4.66. The molecule has 0 spiro atoms. The van der Waals surface area contributed by atoms with Crippen LogP contribution in [-0.2, 0) is 6.42 Å². The summed E-state index contributed by atoms with van der Waals surface area (Å²) in [6.07, 6.45) is 1.03. The Bertz CT molecular complexity index is 529. The maximum atomic E-state index is 6.62. The molecule has 1 unspecified atom stereocenters. The van der Waals surface area contributed by atoms with Crippen molar-refractivity contribution in [2.75, 3.05) is 14.2 Å². The minimum absolute atomic E-state index is 0.253. The van der Waals surface area contributed by atoms with Crippen LogP contribution in [0.3, 0.4) is 0 Å². The van der Waals surface area contributed by atoms with Gasteiger partial charge in [0.15, 0.2) is 0 Å². The van der Waals surface area contributed by atoms with E-state index in [4.69, 9.17) is 21.1 Å². The molecule has 19 heavy (non-hydrogen) atoms. The summed E-state index contributed by atoms with van der Waals surface area (Å²) in [5.41, 5.74) is 0.888. The number of methoxy groups -OCH3 is 2. The Hall–Kier alpha value is -1.19. The number of rotatable bonds is 5. The van der Waals surface area contributed by atoms with Crippen LogP contribution in [0.1, 0.15) is 27.6 Å². The lowest BCUT2D eigenvalue weighted by molar-refractivity contribution is 0.386. The Balaban J connectivity index is 2.44. The summed E-state index contributed by atoms with van der Waals surface area (Å²) in [5.74, 6) is 1.51. The Labute approximate surface area is 122 Å². The maximum Gasteiger partial charge on any atom is 0.127 e. The van der Waals surface area contributed by atoms with Crippen molar-refractivity contribution in [3.63, 3.8) is 0 Å². The first-order chi connectivity index (χ1) is 9.21. The van der Waals surface area contributed by atoms with Gasteiger partial charge in [0.1, 0.15) is 11.5 Å². The predicted molar refractivity (Wildman–Crippen MR) is 80.9 cm³/mol. The number of ether oxygens (including phenoxy) is 2. The van der Waals surface area contributed by atoms with E-state index >= 15 is 0 Å². The molecule has 4 heteroatoms. The first-order valence-corrected chi connectivity index (χ1v) is 7.40. The fourth-order valence-corrected chi connectivity index (χ4v) is 3.35. The van der Waals surface area contributed by atoms with E-state index in [1.807, 2.05) is 18.2 Å². The van der Waals surface area contributed by atoms with Crippen molar-refractivity contribution in [3.8, 4) is 11.5 Å². The van der Waals surface area contributed by atoms with Gasteiger partial charge in [-0.15, -0.1) is 22.9 Å². The highest BCUT2D eigenvalue weighted by molar-refractivity contribution is 7.12. The van der Waals surface area contributed by atoms with Gasteiger partial charge in [0.2, 0.25) is 0 Å². The van der Waals surface area contributed by atoms with E-state index in [0.29, 0.717) is 0 Å². The number of hydrogen-bond donors (Lipinski definition) is 0. The lowest BCUT2D eigenvalue weighted by Gasteiger charge is -2.16. The first-order valence-electron chi connectivity index (χ1n) is 6.14. The van der Waals surface area contributed by atoms with Gasteiger partial charge in [-0.3, -0.25) is 0 Å². The van der Waals surface area contributed by atoms with Crippen LogP contribution in [-0.4, -0.2) is 14.2 Å². The van der Waals surface area contributed by atoms with E-state index in [1.165, 1.54) is 4.88 Å². The number of hydrogen-bond acceptors (Lipinski definition) is 3. The molecule has 0 saturated carbocycles. The fourth-order valence-electron chi connectivity index (χ4n) is 1.99. The lowest BCUT2D eigenvalue weighted by atomic mass is 10.1. The second-order valence-electron chi connectivity index (χ2n) is 4.10. The standard InChI is InChI=1S/C15H17ClO2S/c1-4-10-8-9-13(19-10)15(16)14-11(17-2)6-5-7-12(14)18-3/h5-9,15H,4H2,1-3H3. The number of aryl methyl sites for hydroxylation is 1. The molecule has 1 heterocycles. The molecule has 102 valence electrons. The molecular weight excluding hydrogens is 280 g/mol. The first kappa shape index (κ1) is 14.2. The normalized spacial score (nSPS) is 12.2. The molecule has 0 radical (unpaired) electrons. The van der Waals surface area contributed by atoms with Gasteiger partial charge in [0.05, 0.1) is 25.2 Å². The Morgan fingerprint density at radius 3 is 2.21 bits per heavy atom. The summed E-state index contributed by atoms with van der Waals surface area (Å²) < 4.78 is 10.8. The van der Waals surface area contributed by atoms with Crippen LogP contribution < -0.4 is 9.47 Å². The van der Waals surface area contributed by atoms with E-state index < -0.39 is 0 Å². The van der Waals surface area contributed by atoms with Crippen molar-refractivity contribution in [2.24, 2.45) is 0 Å². The van der Waals surface area contributed by atoms with Gasteiger partial charge in [-0.25, -0.2) is 0 Å². The second-order valence-corrected chi connectivity index (χ2v) is 5.73. The van der Waals surface area contributed by atoms with Crippen LogP contribution in [0.25, 0.3) is 0 Å². The molecule has 0 aliphatic heterocycles. The quantitative estimate of drug-likeness (QED) is 0.747. The lowest BCUT2D eigenvalue weighted by Crippen LogP contribution is -1.99. The Morgan fingerprint density at radius 1 is 1.11 bits per heavy atom. The average Bonchev–Trinajstić information content (AvgIpc) is 2.94. The third-order valence-corrected chi connectivity index (χ3v) is 4.88. The smallest absolute Gasteiger partial charge is 0.127 e. The highest BCUT2D eigenvalue weighted by Crippen LogP contribution is 2.43. The van der Waals surface area contributed by atoms with E-state index in [2.05, 4.69) is 19.1 Å². The van der Waals surface area contributed by atoms with E-state index in [-0.39, 0.29) is 5.38 Å².